The van der Waals surface area contributed by atoms with Gasteiger partial charge in [-0.2, -0.15) is 0 Å². The van der Waals surface area contributed by atoms with Gasteiger partial charge in [0.05, 0.1) is 0 Å². The number of likely N-dealkylation sites (tertiary alicyclic amines) is 1. The number of carbonyl (C=O) groups excluding carboxylic acids is 1. The van der Waals surface area contributed by atoms with Crippen LogP contribution in [-0.2, 0) is 24.3 Å². The van der Waals surface area contributed by atoms with E-state index in [1.165, 1.54) is 16.7 Å². The summed E-state index contributed by atoms with van der Waals surface area (Å²) >= 11 is 6.03. The van der Waals surface area contributed by atoms with Gasteiger partial charge in [0.1, 0.15) is 0 Å². The van der Waals surface area contributed by atoms with Gasteiger partial charge in [-0.05, 0) is 41.7 Å². The normalized spacial score (nSPS) is 14.4. The molecule has 0 aromatic heterocycles. The maximum Gasteiger partial charge on any atom is 0.222 e. The summed E-state index contributed by atoms with van der Waals surface area (Å²) in [4.78, 5) is 18.0. The smallest absolute Gasteiger partial charge is 0.222 e. The lowest BCUT2D eigenvalue weighted by Gasteiger charge is -2.16. The molecule has 0 atom stereocenters. The van der Waals surface area contributed by atoms with Crippen molar-refractivity contribution in [3.8, 4) is 0 Å². The number of rotatable bonds is 7. The van der Waals surface area contributed by atoms with E-state index in [1.807, 2.05) is 29.2 Å². The van der Waals surface area contributed by atoms with Crippen LogP contribution in [0.5, 0.6) is 0 Å². The minimum Gasteiger partial charge on any atom is -0.356 e. The number of aliphatic imine (C=N–C) groups is 1. The molecule has 28 heavy (non-hydrogen) atoms. The number of hydrogen-bond donors (Lipinski definition) is 2. The summed E-state index contributed by atoms with van der Waals surface area (Å²) in [7, 11) is 1.77. The van der Waals surface area contributed by atoms with Crippen molar-refractivity contribution in [2.24, 2.45) is 4.99 Å². The molecule has 148 valence electrons. The first-order valence-electron chi connectivity index (χ1n) is 9.68. The van der Waals surface area contributed by atoms with Gasteiger partial charge in [0.2, 0.25) is 5.91 Å². The first-order valence-corrected chi connectivity index (χ1v) is 10.1. The maximum atomic E-state index is 11.8. The molecule has 0 saturated carbocycles. The predicted molar refractivity (Wildman–Crippen MR) is 114 cm³/mol. The van der Waals surface area contributed by atoms with Crippen LogP contribution in [-0.4, -0.2) is 36.9 Å². The van der Waals surface area contributed by atoms with Crippen molar-refractivity contribution in [1.29, 1.82) is 0 Å². The Hall–Kier alpha value is -2.53. The molecule has 0 aliphatic carbocycles. The molecule has 0 bridgehead atoms. The number of nitrogens with one attached hydrogen (secondary N) is 2. The Morgan fingerprint density at radius 2 is 1.89 bits per heavy atom. The molecule has 0 spiro atoms. The number of nitrogens with zero attached hydrogens (tertiary/aromatic N) is 2. The maximum absolute atomic E-state index is 11.8. The molecule has 1 saturated heterocycles. The zero-order valence-corrected chi connectivity index (χ0v) is 17.0. The first-order chi connectivity index (χ1) is 13.6. The lowest BCUT2D eigenvalue weighted by atomic mass is 10.1. The highest BCUT2D eigenvalue weighted by atomic mass is 35.5. The number of benzene rings is 2. The molecule has 1 heterocycles. The van der Waals surface area contributed by atoms with E-state index in [0.717, 1.165) is 36.9 Å². The van der Waals surface area contributed by atoms with Crippen LogP contribution < -0.4 is 10.6 Å². The van der Waals surface area contributed by atoms with Gasteiger partial charge in [0, 0.05) is 44.7 Å². The Labute approximate surface area is 171 Å². The van der Waals surface area contributed by atoms with Gasteiger partial charge >= 0.3 is 0 Å². The summed E-state index contributed by atoms with van der Waals surface area (Å²) in [5.41, 5.74) is 3.53. The Balaban J connectivity index is 1.46. The third-order valence-electron chi connectivity index (χ3n) is 4.81. The molecule has 0 radical (unpaired) electrons. The van der Waals surface area contributed by atoms with Gasteiger partial charge in [-0.3, -0.25) is 9.79 Å². The van der Waals surface area contributed by atoms with E-state index in [-0.39, 0.29) is 5.91 Å². The van der Waals surface area contributed by atoms with E-state index in [0.29, 0.717) is 19.5 Å². The first kappa shape index (κ1) is 20.2. The van der Waals surface area contributed by atoms with Crippen molar-refractivity contribution in [3.63, 3.8) is 0 Å². The molecule has 5 nitrogen and oxygen atoms in total. The Bertz CT molecular complexity index is 837. The SMILES string of the molecule is CN=C(NCCc1cccc(Cl)c1)NCc1cccc(CN2CCCC2=O)c1. The summed E-state index contributed by atoms with van der Waals surface area (Å²) in [5, 5.41) is 7.43. The average molecular weight is 399 g/mol. The van der Waals surface area contributed by atoms with E-state index in [1.54, 1.807) is 7.05 Å². The highest BCUT2D eigenvalue weighted by molar-refractivity contribution is 6.30. The number of guanidine groups is 1. The van der Waals surface area contributed by atoms with Crippen LogP contribution in [0.4, 0.5) is 0 Å². The van der Waals surface area contributed by atoms with Gasteiger partial charge in [0.25, 0.3) is 0 Å². The Kier molecular flexibility index (Phi) is 7.31. The van der Waals surface area contributed by atoms with Crippen LogP contribution in [0, 0.1) is 0 Å². The standard InChI is InChI=1S/C22H27ClN4O/c1-24-22(25-11-10-17-5-3-8-20(23)14-17)26-15-18-6-2-7-19(13-18)16-27-12-4-9-21(27)28/h2-3,5-8,13-14H,4,9-12,15-16H2,1H3,(H2,24,25,26). The van der Waals surface area contributed by atoms with Crippen molar-refractivity contribution in [3.05, 3.63) is 70.2 Å². The molecule has 1 amide bonds. The van der Waals surface area contributed by atoms with Crippen molar-refractivity contribution in [1.82, 2.24) is 15.5 Å². The van der Waals surface area contributed by atoms with E-state index in [4.69, 9.17) is 11.6 Å². The van der Waals surface area contributed by atoms with E-state index in [2.05, 4.69) is 39.9 Å². The van der Waals surface area contributed by atoms with Crippen molar-refractivity contribution in [2.45, 2.75) is 32.4 Å². The second kappa shape index (κ2) is 10.1. The van der Waals surface area contributed by atoms with Gasteiger partial charge in [0.15, 0.2) is 5.96 Å². The van der Waals surface area contributed by atoms with Crippen LogP contribution in [0.15, 0.2) is 53.5 Å². The lowest BCUT2D eigenvalue weighted by Crippen LogP contribution is -2.37. The molecular formula is C22H27ClN4O. The van der Waals surface area contributed by atoms with Crippen molar-refractivity contribution >= 4 is 23.5 Å². The van der Waals surface area contributed by atoms with Crippen LogP contribution in [0.3, 0.4) is 0 Å². The van der Waals surface area contributed by atoms with Crippen LogP contribution in [0.1, 0.15) is 29.5 Å². The average Bonchev–Trinajstić information content (AvgIpc) is 3.09. The van der Waals surface area contributed by atoms with Crippen LogP contribution >= 0.6 is 11.6 Å². The number of hydrogen-bond acceptors (Lipinski definition) is 2. The third-order valence-corrected chi connectivity index (χ3v) is 5.05. The fourth-order valence-corrected chi connectivity index (χ4v) is 3.57. The predicted octanol–water partition coefficient (Wildman–Crippen LogP) is 3.37. The molecule has 6 heteroatoms. The van der Waals surface area contributed by atoms with E-state index >= 15 is 0 Å². The minimum absolute atomic E-state index is 0.257. The fraction of sp³-hybridized carbons (Fsp3) is 0.364. The fourth-order valence-electron chi connectivity index (χ4n) is 3.35. The molecule has 1 fully saturated rings. The summed E-state index contributed by atoms with van der Waals surface area (Å²) in [6.45, 7) is 3.01. The molecule has 2 aromatic carbocycles. The molecule has 2 N–H and O–H groups in total. The second-order valence-electron chi connectivity index (χ2n) is 6.97. The summed E-state index contributed by atoms with van der Waals surface area (Å²) in [6.07, 6.45) is 2.52. The number of amides is 1. The Morgan fingerprint density at radius 3 is 2.64 bits per heavy atom. The lowest BCUT2D eigenvalue weighted by molar-refractivity contribution is -0.128. The topological polar surface area (TPSA) is 56.7 Å². The molecular weight excluding hydrogens is 372 g/mol. The van der Waals surface area contributed by atoms with Gasteiger partial charge in [-0.1, -0.05) is 48.0 Å². The largest absolute Gasteiger partial charge is 0.356 e. The van der Waals surface area contributed by atoms with Crippen LogP contribution in [0.2, 0.25) is 5.02 Å². The summed E-state index contributed by atoms with van der Waals surface area (Å²) in [5.74, 6) is 1.02. The zero-order valence-electron chi connectivity index (χ0n) is 16.2. The van der Waals surface area contributed by atoms with Gasteiger partial charge in [-0.25, -0.2) is 0 Å². The monoisotopic (exact) mass is 398 g/mol. The molecule has 3 rings (SSSR count). The van der Waals surface area contributed by atoms with E-state index in [9.17, 15) is 4.79 Å². The quantitative estimate of drug-likeness (QED) is 0.555. The summed E-state index contributed by atoms with van der Waals surface area (Å²) in [6, 6.07) is 16.3. The highest BCUT2D eigenvalue weighted by Crippen LogP contribution is 2.15. The molecule has 1 aliphatic heterocycles. The minimum atomic E-state index is 0.257. The number of halogens is 1. The van der Waals surface area contributed by atoms with Crippen LogP contribution in [0.25, 0.3) is 0 Å². The molecule has 0 unspecified atom stereocenters. The second-order valence-corrected chi connectivity index (χ2v) is 7.41. The van der Waals surface area contributed by atoms with E-state index < -0.39 is 0 Å². The zero-order chi connectivity index (χ0) is 19.8. The highest BCUT2D eigenvalue weighted by Gasteiger charge is 2.19. The molecule has 1 aliphatic rings. The number of carbonyl (C=O) groups is 1. The molecule has 2 aromatic rings. The van der Waals surface area contributed by atoms with Crippen molar-refractivity contribution < 1.29 is 4.79 Å². The van der Waals surface area contributed by atoms with Crippen molar-refractivity contribution in [2.75, 3.05) is 20.1 Å². The third kappa shape index (κ3) is 5.99. The van der Waals surface area contributed by atoms with Gasteiger partial charge < -0.3 is 15.5 Å². The summed E-state index contributed by atoms with van der Waals surface area (Å²) < 4.78 is 0. The van der Waals surface area contributed by atoms with Gasteiger partial charge in [-0.15, -0.1) is 0 Å². The Morgan fingerprint density at radius 1 is 1.11 bits per heavy atom.